The van der Waals surface area contributed by atoms with Gasteiger partial charge in [-0.1, -0.05) is 11.6 Å². The van der Waals surface area contributed by atoms with Crippen molar-refractivity contribution in [3.8, 4) is 10.6 Å². The molecule has 5 heteroatoms. The molecule has 0 aromatic carbocycles. The highest BCUT2D eigenvalue weighted by Crippen LogP contribution is 2.29. The van der Waals surface area contributed by atoms with Gasteiger partial charge in [-0.3, -0.25) is 0 Å². The Labute approximate surface area is 95.5 Å². The van der Waals surface area contributed by atoms with Crippen molar-refractivity contribution in [1.82, 2.24) is 9.97 Å². The molecule has 2 aromatic heterocycles. The zero-order valence-corrected chi connectivity index (χ0v) is 9.40. The molecule has 0 bridgehead atoms. The fraction of sp³-hybridized carbons (Fsp3) is 0.111. The summed E-state index contributed by atoms with van der Waals surface area (Å²) in [5.74, 6) is 0.959. The minimum absolute atomic E-state index is 0.326. The molecule has 2 rings (SSSR count). The van der Waals surface area contributed by atoms with Crippen LogP contribution in [-0.2, 0) is 5.88 Å². The second kappa shape index (κ2) is 4.26. The van der Waals surface area contributed by atoms with Crippen molar-refractivity contribution in [2.75, 3.05) is 0 Å². The van der Waals surface area contributed by atoms with E-state index >= 15 is 0 Å². The first kappa shape index (κ1) is 9.90. The van der Waals surface area contributed by atoms with Gasteiger partial charge in [0.05, 0.1) is 20.8 Å². The predicted molar refractivity (Wildman–Crippen MR) is 59.9 cm³/mol. The molecule has 2 heterocycles. The van der Waals surface area contributed by atoms with Crippen LogP contribution in [0.1, 0.15) is 5.82 Å². The largest absolute Gasteiger partial charge is 0.240 e. The third kappa shape index (κ3) is 2.05. The molecule has 0 N–H and O–H groups in total. The lowest BCUT2D eigenvalue weighted by molar-refractivity contribution is 1.04. The minimum Gasteiger partial charge on any atom is -0.240 e. The van der Waals surface area contributed by atoms with Gasteiger partial charge >= 0.3 is 0 Å². The molecule has 0 atom stereocenters. The topological polar surface area (TPSA) is 25.8 Å². The lowest BCUT2D eigenvalue weighted by Crippen LogP contribution is -1.91. The molecule has 0 aliphatic rings. The molecule has 0 unspecified atom stereocenters. The van der Waals surface area contributed by atoms with E-state index in [1.54, 1.807) is 6.20 Å². The van der Waals surface area contributed by atoms with Gasteiger partial charge in [-0.05, 0) is 18.2 Å². The van der Waals surface area contributed by atoms with Crippen molar-refractivity contribution in [3.63, 3.8) is 0 Å². The van der Waals surface area contributed by atoms with Gasteiger partial charge in [0.1, 0.15) is 5.82 Å². The number of alkyl halides is 1. The van der Waals surface area contributed by atoms with Crippen LogP contribution in [0.5, 0.6) is 0 Å². The van der Waals surface area contributed by atoms with Gasteiger partial charge in [0.25, 0.3) is 0 Å². The summed E-state index contributed by atoms with van der Waals surface area (Å²) in [6.07, 6.45) is 1.70. The molecule has 0 amide bonds. The fourth-order valence-electron chi connectivity index (χ4n) is 1.05. The molecule has 0 radical (unpaired) electrons. The molecular weight excluding hydrogens is 239 g/mol. The number of hydrogen-bond donors (Lipinski definition) is 0. The number of rotatable bonds is 2. The highest BCUT2D eigenvalue weighted by Gasteiger charge is 2.03. The van der Waals surface area contributed by atoms with Crippen molar-refractivity contribution < 1.29 is 0 Å². The first-order chi connectivity index (χ1) is 6.79. The van der Waals surface area contributed by atoms with Gasteiger partial charge in [-0.25, -0.2) is 9.97 Å². The smallest absolute Gasteiger partial charge is 0.143 e. The van der Waals surface area contributed by atoms with Crippen LogP contribution in [0, 0.1) is 0 Å². The fourth-order valence-corrected chi connectivity index (χ4v) is 2.19. The Kier molecular flexibility index (Phi) is 3.01. The maximum atomic E-state index is 5.83. The molecule has 0 fully saturated rings. The second-order valence-electron chi connectivity index (χ2n) is 2.60. The van der Waals surface area contributed by atoms with E-state index in [4.69, 9.17) is 23.2 Å². The van der Waals surface area contributed by atoms with Crippen molar-refractivity contribution in [3.05, 3.63) is 34.6 Å². The number of thiophene rings is 1. The van der Waals surface area contributed by atoms with Crippen molar-refractivity contribution in [1.29, 1.82) is 0 Å². The summed E-state index contributed by atoms with van der Waals surface area (Å²) in [6, 6.07) is 5.63. The lowest BCUT2D eigenvalue weighted by atomic mass is 10.3. The molecular formula is C9H6Cl2N2S. The molecule has 2 aromatic rings. The average Bonchev–Trinajstić information content (AvgIpc) is 2.65. The Morgan fingerprint density at radius 3 is 2.79 bits per heavy atom. The van der Waals surface area contributed by atoms with Crippen molar-refractivity contribution in [2.45, 2.75) is 5.88 Å². The quantitative estimate of drug-likeness (QED) is 0.755. The molecule has 72 valence electrons. The zero-order valence-electron chi connectivity index (χ0n) is 7.08. The summed E-state index contributed by atoms with van der Waals surface area (Å²) >= 11 is 13.0. The third-order valence-electron chi connectivity index (χ3n) is 1.65. The highest BCUT2D eigenvalue weighted by atomic mass is 35.5. The Bertz CT molecular complexity index is 442. The zero-order chi connectivity index (χ0) is 9.97. The van der Waals surface area contributed by atoms with E-state index in [9.17, 15) is 0 Å². The summed E-state index contributed by atoms with van der Waals surface area (Å²) in [5, 5.41) is 0. The van der Waals surface area contributed by atoms with Crippen molar-refractivity contribution >= 4 is 34.5 Å². The summed E-state index contributed by atoms with van der Waals surface area (Å²) in [4.78, 5) is 9.33. The molecule has 0 saturated carbocycles. The second-order valence-corrected chi connectivity index (χ2v) is 4.58. The SMILES string of the molecule is ClCc1nccc(-c2ccc(Cl)s2)n1. The van der Waals surface area contributed by atoms with E-state index in [1.165, 1.54) is 11.3 Å². The Hall–Kier alpha value is -0.640. The van der Waals surface area contributed by atoms with Crippen LogP contribution in [0.15, 0.2) is 24.4 Å². The summed E-state index contributed by atoms with van der Waals surface area (Å²) in [5.41, 5.74) is 0.868. The molecule has 14 heavy (non-hydrogen) atoms. The van der Waals surface area contributed by atoms with E-state index in [0.717, 1.165) is 14.9 Å². The Balaban J connectivity index is 2.41. The van der Waals surface area contributed by atoms with Crippen molar-refractivity contribution in [2.24, 2.45) is 0 Å². The van der Waals surface area contributed by atoms with Crippen LogP contribution in [0.2, 0.25) is 4.34 Å². The van der Waals surface area contributed by atoms with E-state index in [1.807, 2.05) is 18.2 Å². The number of halogens is 2. The summed E-state index contributed by atoms with van der Waals surface area (Å²) < 4.78 is 0.756. The first-order valence-corrected chi connectivity index (χ1v) is 5.66. The van der Waals surface area contributed by atoms with Crippen LogP contribution < -0.4 is 0 Å². The van der Waals surface area contributed by atoms with Gasteiger partial charge in [0.15, 0.2) is 0 Å². The average molecular weight is 245 g/mol. The predicted octanol–water partition coefficient (Wildman–Crippen LogP) is 3.60. The van der Waals surface area contributed by atoms with Crippen LogP contribution >= 0.6 is 34.5 Å². The standard InChI is InChI=1S/C9H6Cl2N2S/c10-5-9-12-4-3-6(13-9)7-1-2-8(11)14-7/h1-4H,5H2. The van der Waals surface area contributed by atoms with E-state index < -0.39 is 0 Å². The number of hydrogen-bond acceptors (Lipinski definition) is 3. The molecule has 0 saturated heterocycles. The molecule has 2 nitrogen and oxygen atoms in total. The van der Waals surface area contributed by atoms with Crippen LogP contribution in [-0.4, -0.2) is 9.97 Å². The van der Waals surface area contributed by atoms with Crippen LogP contribution in [0.3, 0.4) is 0 Å². The summed E-state index contributed by atoms with van der Waals surface area (Å²) in [6.45, 7) is 0. The first-order valence-electron chi connectivity index (χ1n) is 3.93. The minimum atomic E-state index is 0.326. The molecule has 0 spiro atoms. The van der Waals surface area contributed by atoms with Gasteiger partial charge < -0.3 is 0 Å². The van der Waals surface area contributed by atoms with Crippen LogP contribution in [0.25, 0.3) is 10.6 Å². The van der Waals surface area contributed by atoms with Gasteiger partial charge in [0.2, 0.25) is 0 Å². The Morgan fingerprint density at radius 2 is 2.14 bits per heavy atom. The number of aromatic nitrogens is 2. The van der Waals surface area contributed by atoms with Crippen LogP contribution in [0.4, 0.5) is 0 Å². The summed E-state index contributed by atoms with van der Waals surface area (Å²) in [7, 11) is 0. The molecule has 0 aliphatic heterocycles. The third-order valence-corrected chi connectivity index (χ3v) is 3.14. The van der Waals surface area contributed by atoms with Gasteiger partial charge in [-0.2, -0.15) is 0 Å². The van der Waals surface area contributed by atoms with Gasteiger partial charge in [-0.15, -0.1) is 22.9 Å². The van der Waals surface area contributed by atoms with E-state index in [0.29, 0.717) is 11.7 Å². The normalized spacial score (nSPS) is 10.4. The monoisotopic (exact) mass is 244 g/mol. The maximum Gasteiger partial charge on any atom is 0.143 e. The van der Waals surface area contributed by atoms with E-state index in [-0.39, 0.29) is 0 Å². The van der Waals surface area contributed by atoms with Gasteiger partial charge in [0, 0.05) is 6.20 Å². The lowest BCUT2D eigenvalue weighted by Gasteiger charge is -1.97. The molecule has 0 aliphatic carbocycles. The highest BCUT2D eigenvalue weighted by molar-refractivity contribution is 7.19. The van der Waals surface area contributed by atoms with E-state index in [2.05, 4.69) is 9.97 Å². The maximum absolute atomic E-state index is 5.83. The number of nitrogens with zero attached hydrogens (tertiary/aromatic N) is 2. The Morgan fingerprint density at radius 1 is 1.29 bits per heavy atom.